The molecule has 0 saturated heterocycles. The molecule has 0 N–H and O–H groups in total. The third-order valence-corrected chi connectivity index (χ3v) is 9.38. The highest BCUT2D eigenvalue weighted by Gasteiger charge is 2.30. The molecule has 1 heterocycles. The average Bonchev–Trinajstić information content (AvgIpc) is 2.92. The van der Waals surface area contributed by atoms with Crippen LogP contribution in [0.3, 0.4) is 0 Å². The highest BCUT2D eigenvalue weighted by atomic mass is 31.2. The van der Waals surface area contributed by atoms with Crippen molar-refractivity contribution in [2.75, 3.05) is 0 Å². The molecule has 5 aromatic carbocycles. The number of fused-ring (bicyclic) bond motifs is 2. The van der Waals surface area contributed by atoms with Gasteiger partial charge in [-0.1, -0.05) is 115 Å². The Labute approximate surface area is 198 Å². The maximum absolute atomic E-state index is 14.9. The smallest absolute Gasteiger partial charge is 0.171 e. The third-order valence-electron chi connectivity index (χ3n) is 6.33. The van der Waals surface area contributed by atoms with E-state index in [1.54, 1.807) is 0 Å². The van der Waals surface area contributed by atoms with Gasteiger partial charge in [-0.3, -0.25) is 0 Å². The molecule has 0 aliphatic carbocycles. The molecular formula is C31H22NOP. The Balaban J connectivity index is 1.65. The summed E-state index contributed by atoms with van der Waals surface area (Å²) < 4.78 is 14.9. The zero-order valence-electron chi connectivity index (χ0n) is 18.5. The number of benzene rings is 5. The summed E-state index contributed by atoms with van der Waals surface area (Å²) in [7, 11) is -3.06. The molecule has 0 bridgehead atoms. The van der Waals surface area contributed by atoms with Crippen LogP contribution in [0.5, 0.6) is 0 Å². The molecule has 0 amide bonds. The Kier molecular flexibility index (Phi) is 5.09. The molecule has 0 aliphatic rings. The lowest BCUT2D eigenvalue weighted by Gasteiger charge is -2.21. The largest absolute Gasteiger partial charge is 0.309 e. The molecule has 0 spiro atoms. The number of pyridine rings is 1. The van der Waals surface area contributed by atoms with Gasteiger partial charge in [0.25, 0.3) is 0 Å². The van der Waals surface area contributed by atoms with Gasteiger partial charge in [-0.25, -0.2) is 4.98 Å². The van der Waals surface area contributed by atoms with Crippen molar-refractivity contribution < 1.29 is 4.57 Å². The van der Waals surface area contributed by atoms with E-state index in [2.05, 4.69) is 24.3 Å². The van der Waals surface area contributed by atoms with Crippen molar-refractivity contribution in [2.45, 2.75) is 0 Å². The van der Waals surface area contributed by atoms with E-state index in [0.717, 1.165) is 48.8 Å². The molecule has 0 saturated carbocycles. The fourth-order valence-electron chi connectivity index (χ4n) is 4.73. The molecule has 1 aromatic heterocycles. The fourth-order valence-corrected chi connectivity index (χ4v) is 7.43. The van der Waals surface area contributed by atoms with Crippen LogP contribution in [0, 0.1) is 0 Å². The average molecular weight is 455 g/mol. The summed E-state index contributed by atoms with van der Waals surface area (Å²) in [5.41, 5.74) is 4.07. The number of para-hydroxylation sites is 2. The summed E-state index contributed by atoms with van der Waals surface area (Å²) in [6, 6.07) is 44.3. The highest BCUT2D eigenvalue weighted by molar-refractivity contribution is 7.85. The molecule has 6 aromatic rings. The first-order valence-electron chi connectivity index (χ1n) is 11.3. The van der Waals surface area contributed by atoms with Gasteiger partial charge >= 0.3 is 0 Å². The molecule has 34 heavy (non-hydrogen) atoms. The number of hydrogen-bond acceptors (Lipinski definition) is 2. The Hall–Kier alpha value is -4.00. The first-order valence-corrected chi connectivity index (χ1v) is 13.1. The van der Waals surface area contributed by atoms with E-state index in [0.29, 0.717) is 0 Å². The van der Waals surface area contributed by atoms with Crippen LogP contribution in [-0.2, 0) is 4.57 Å². The first-order chi connectivity index (χ1) is 16.7. The van der Waals surface area contributed by atoms with Gasteiger partial charge in [0.1, 0.15) is 0 Å². The molecule has 0 fully saturated rings. The molecule has 0 aliphatic heterocycles. The lowest BCUT2D eigenvalue weighted by molar-refractivity contribution is 0.592. The molecule has 0 atom stereocenters. The molecule has 0 radical (unpaired) electrons. The van der Waals surface area contributed by atoms with Gasteiger partial charge < -0.3 is 4.57 Å². The van der Waals surface area contributed by atoms with Crippen LogP contribution in [0.4, 0.5) is 0 Å². The normalized spacial score (nSPS) is 11.6. The van der Waals surface area contributed by atoms with Crippen molar-refractivity contribution in [1.29, 1.82) is 0 Å². The van der Waals surface area contributed by atoms with Crippen molar-refractivity contribution in [1.82, 2.24) is 4.98 Å². The van der Waals surface area contributed by atoms with Crippen molar-refractivity contribution in [3.63, 3.8) is 0 Å². The van der Waals surface area contributed by atoms with Crippen LogP contribution in [0.25, 0.3) is 32.9 Å². The predicted octanol–water partition coefficient (Wildman–Crippen LogP) is 6.69. The van der Waals surface area contributed by atoms with E-state index in [1.165, 1.54) is 0 Å². The lowest BCUT2D eigenvalue weighted by Crippen LogP contribution is -2.25. The van der Waals surface area contributed by atoms with Crippen LogP contribution in [0.1, 0.15) is 0 Å². The minimum atomic E-state index is -3.06. The van der Waals surface area contributed by atoms with Crippen LogP contribution in [-0.4, -0.2) is 4.98 Å². The molecule has 3 heteroatoms. The summed E-state index contributed by atoms with van der Waals surface area (Å²) in [4.78, 5) is 4.88. The van der Waals surface area contributed by atoms with E-state index in [9.17, 15) is 4.57 Å². The lowest BCUT2D eigenvalue weighted by atomic mass is 9.96. The molecule has 0 unspecified atom stereocenters. The maximum atomic E-state index is 14.9. The summed E-state index contributed by atoms with van der Waals surface area (Å²) in [6.45, 7) is 0. The Morgan fingerprint density at radius 1 is 0.471 bits per heavy atom. The summed E-state index contributed by atoms with van der Waals surface area (Å²) in [5.74, 6) is 0. The summed E-state index contributed by atoms with van der Waals surface area (Å²) >= 11 is 0. The van der Waals surface area contributed by atoms with Gasteiger partial charge in [-0.05, 0) is 23.8 Å². The van der Waals surface area contributed by atoms with E-state index < -0.39 is 7.14 Å². The summed E-state index contributed by atoms with van der Waals surface area (Å²) in [5, 5.41) is 4.68. The van der Waals surface area contributed by atoms with Crippen molar-refractivity contribution in [2.24, 2.45) is 0 Å². The molecule has 6 rings (SSSR count). The van der Waals surface area contributed by atoms with Gasteiger partial charge in [-0.2, -0.15) is 0 Å². The maximum Gasteiger partial charge on any atom is 0.171 e. The Morgan fingerprint density at radius 2 is 0.941 bits per heavy atom. The Bertz CT molecular complexity index is 1580. The van der Waals surface area contributed by atoms with Crippen LogP contribution in [0.2, 0.25) is 0 Å². The van der Waals surface area contributed by atoms with E-state index in [4.69, 9.17) is 4.98 Å². The second-order valence-corrected chi connectivity index (χ2v) is 11.1. The van der Waals surface area contributed by atoms with Crippen molar-refractivity contribution in [3.8, 4) is 11.1 Å². The van der Waals surface area contributed by atoms with Crippen LogP contribution < -0.4 is 15.9 Å². The van der Waals surface area contributed by atoms with E-state index >= 15 is 0 Å². The van der Waals surface area contributed by atoms with E-state index in [1.807, 2.05) is 109 Å². The van der Waals surface area contributed by atoms with Gasteiger partial charge in [0.15, 0.2) is 7.14 Å². The number of nitrogens with zero attached hydrogens (tertiary/aromatic N) is 1. The van der Waals surface area contributed by atoms with Gasteiger partial charge in [-0.15, -0.1) is 0 Å². The zero-order valence-corrected chi connectivity index (χ0v) is 19.4. The SMILES string of the molecule is O=P(c1ccccc1)(c1ccccc1)c1cccc(-c2c3ccccc3nc3ccccc23)c1. The second-order valence-electron chi connectivity index (χ2n) is 8.35. The van der Waals surface area contributed by atoms with Crippen LogP contribution >= 0.6 is 7.14 Å². The molecule has 2 nitrogen and oxygen atoms in total. The summed E-state index contributed by atoms with van der Waals surface area (Å²) in [6.07, 6.45) is 0. The number of aromatic nitrogens is 1. The topological polar surface area (TPSA) is 30.0 Å². The minimum Gasteiger partial charge on any atom is -0.309 e. The quantitative estimate of drug-likeness (QED) is 0.219. The zero-order chi connectivity index (χ0) is 23.0. The van der Waals surface area contributed by atoms with Gasteiger partial charge in [0, 0.05) is 32.2 Å². The van der Waals surface area contributed by atoms with E-state index in [-0.39, 0.29) is 0 Å². The minimum absolute atomic E-state index is 0.826. The van der Waals surface area contributed by atoms with Gasteiger partial charge in [0.2, 0.25) is 0 Å². The second kappa shape index (κ2) is 8.41. The predicted molar refractivity (Wildman–Crippen MR) is 144 cm³/mol. The fraction of sp³-hybridized carbons (Fsp3) is 0. The third kappa shape index (κ3) is 3.36. The number of rotatable bonds is 4. The van der Waals surface area contributed by atoms with Gasteiger partial charge in [0.05, 0.1) is 11.0 Å². The van der Waals surface area contributed by atoms with Crippen molar-refractivity contribution in [3.05, 3.63) is 133 Å². The Morgan fingerprint density at radius 3 is 1.50 bits per heavy atom. The standard InChI is InChI=1S/C31H22NOP/c33-34(24-13-3-1-4-14-24,25-15-5-2-6-16-25)26-17-11-12-23(22-26)31-27-18-7-9-20-29(27)32-30-21-10-8-19-28(30)31/h1-22H. The first kappa shape index (κ1) is 20.6. The highest BCUT2D eigenvalue weighted by Crippen LogP contribution is 2.44. The van der Waals surface area contributed by atoms with Crippen LogP contribution in [0.15, 0.2) is 133 Å². The monoisotopic (exact) mass is 455 g/mol. The molecule has 162 valence electrons. The number of hydrogen-bond donors (Lipinski definition) is 0. The van der Waals surface area contributed by atoms with Crippen molar-refractivity contribution >= 4 is 44.9 Å². The molecular weight excluding hydrogens is 433 g/mol.